The summed E-state index contributed by atoms with van der Waals surface area (Å²) in [7, 11) is 2.13. The van der Waals surface area contributed by atoms with E-state index in [1.807, 2.05) is 49.6 Å². The first kappa shape index (κ1) is 19.1. The van der Waals surface area contributed by atoms with Crippen molar-refractivity contribution in [3.05, 3.63) is 52.5 Å². The van der Waals surface area contributed by atoms with Crippen molar-refractivity contribution in [1.29, 1.82) is 0 Å². The molecule has 0 saturated carbocycles. The average molecular weight is 390 g/mol. The summed E-state index contributed by atoms with van der Waals surface area (Å²) >= 11 is 7.84. The number of rotatable bonds is 4. The Bertz CT molecular complexity index is 804. The van der Waals surface area contributed by atoms with E-state index in [9.17, 15) is 4.79 Å². The molecule has 138 valence electrons. The topological polar surface area (TPSA) is 35.6 Å². The fourth-order valence-corrected chi connectivity index (χ4v) is 3.71. The molecule has 0 unspecified atom stereocenters. The van der Waals surface area contributed by atoms with Gasteiger partial charge in [-0.05, 0) is 56.1 Å². The quantitative estimate of drug-likeness (QED) is 0.787. The number of hydrogen-bond acceptors (Lipinski definition) is 4. The van der Waals surface area contributed by atoms with E-state index in [-0.39, 0.29) is 5.91 Å². The average Bonchev–Trinajstić information content (AvgIpc) is 2.63. The Kier molecular flexibility index (Phi) is 6.12. The lowest BCUT2D eigenvalue weighted by atomic mass is 10.1. The molecule has 4 nitrogen and oxygen atoms in total. The van der Waals surface area contributed by atoms with E-state index in [1.54, 1.807) is 11.8 Å². The number of piperazine rings is 1. The van der Waals surface area contributed by atoms with Crippen LogP contribution in [0.15, 0.2) is 41.3 Å². The molecular formula is C20H24ClN3OS. The Hall–Kier alpha value is -1.69. The fourth-order valence-electron chi connectivity index (χ4n) is 3.09. The lowest BCUT2D eigenvalue weighted by Gasteiger charge is -2.35. The van der Waals surface area contributed by atoms with Gasteiger partial charge in [-0.3, -0.25) is 4.79 Å². The number of aryl methyl sites for hydroxylation is 1. The predicted octanol–water partition coefficient (Wildman–Crippen LogP) is 4.37. The van der Waals surface area contributed by atoms with Crippen molar-refractivity contribution in [2.75, 3.05) is 49.7 Å². The predicted molar refractivity (Wildman–Crippen MR) is 112 cm³/mol. The summed E-state index contributed by atoms with van der Waals surface area (Å²) in [5, 5.41) is 3.70. The van der Waals surface area contributed by atoms with E-state index in [0.717, 1.165) is 48.0 Å². The highest BCUT2D eigenvalue weighted by Crippen LogP contribution is 2.31. The summed E-state index contributed by atoms with van der Waals surface area (Å²) in [4.78, 5) is 18.6. The van der Waals surface area contributed by atoms with E-state index in [4.69, 9.17) is 11.6 Å². The smallest absolute Gasteiger partial charge is 0.256 e. The van der Waals surface area contributed by atoms with Crippen molar-refractivity contribution in [3.63, 3.8) is 0 Å². The van der Waals surface area contributed by atoms with Crippen LogP contribution < -0.4 is 10.2 Å². The van der Waals surface area contributed by atoms with Gasteiger partial charge in [-0.25, -0.2) is 0 Å². The largest absolute Gasteiger partial charge is 0.367 e. The monoisotopic (exact) mass is 389 g/mol. The van der Waals surface area contributed by atoms with Crippen molar-refractivity contribution in [1.82, 2.24) is 4.90 Å². The van der Waals surface area contributed by atoms with E-state index in [1.165, 1.54) is 0 Å². The summed E-state index contributed by atoms with van der Waals surface area (Å²) in [6, 6.07) is 11.7. The van der Waals surface area contributed by atoms with Crippen molar-refractivity contribution in [3.8, 4) is 0 Å². The van der Waals surface area contributed by atoms with Crippen LogP contribution >= 0.6 is 23.4 Å². The van der Waals surface area contributed by atoms with Crippen LogP contribution in [-0.2, 0) is 0 Å². The summed E-state index contributed by atoms with van der Waals surface area (Å²) in [6.07, 6.45) is 2.01. The molecule has 0 spiro atoms. The number of carbonyl (C=O) groups is 1. The number of nitrogens with zero attached hydrogens (tertiary/aromatic N) is 2. The molecule has 26 heavy (non-hydrogen) atoms. The third-order valence-corrected chi connectivity index (χ3v) is 5.70. The minimum atomic E-state index is -0.101. The first-order chi connectivity index (χ1) is 12.5. The Morgan fingerprint density at radius 2 is 1.85 bits per heavy atom. The number of hydrogen-bond donors (Lipinski definition) is 1. The number of halogens is 1. The standard InChI is InChI=1S/C20H24ClN3OS/c1-14-4-6-16(26-3)13-17(14)20(25)22-18-12-15(21)5-7-19(18)24-10-8-23(2)9-11-24/h4-7,12-13H,8-11H2,1-3H3,(H,22,25). The second-order valence-corrected chi connectivity index (χ2v) is 7.90. The van der Waals surface area contributed by atoms with Gasteiger partial charge in [0, 0.05) is 41.7 Å². The molecule has 1 amide bonds. The summed E-state index contributed by atoms with van der Waals surface area (Å²) in [6.45, 7) is 5.83. The van der Waals surface area contributed by atoms with Gasteiger partial charge in [0.05, 0.1) is 11.4 Å². The molecule has 1 aliphatic rings. The maximum Gasteiger partial charge on any atom is 0.256 e. The van der Waals surface area contributed by atoms with Gasteiger partial charge in [0.25, 0.3) is 5.91 Å². The zero-order valence-electron chi connectivity index (χ0n) is 15.4. The van der Waals surface area contributed by atoms with Crippen LogP contribution in [0.2, 0.25) is 5.02 Å². The number of thioether (sulfide) groups is 1. The zero-order chi connectivity index (χ0) is 18.7. The van der Waals surface area contributed by atoms with Gasteiger partial charge < -0.3 is 15.1 Å². The second kappa shape index (κ2) is 8.33. The van der Waals surface area contributed by atoms with Crippen LogP contribution in [0.5, 0.6) is 0 Å². The van der Waals surface area contributed by atoms with Gasteiger partial charge in [-0.2, -0.15) is 0 Å². The van der Waals surface area contributed by atoms with Crippen LogP contribution in [-0.4, -0.2) is 50.3 Å². The number of benzene rings is 2. The molecule has 1 aliphatic heterocycles. The minimum Gasteiger partial charge on any atom is -0.367 e. The first-order valence-corrected chi connectivity index (χ1v) is 10.3. The lowest BCUT2D eigenvalue weighted by molar-refractivity contribution is 0.102. The molecule has 0 atom stereocenters. The molecule has 1 fully saturated rings. The van der Waals surface area contributed by atoms with Gasteiger partial charge in [-0.1, -0.05) is 17.7 Å². The van der Waals surface area contributed by atoms with E-state index in [2.05, 4.69) is 22.2 Å². The molecule has 6 heteroatoms. The van der Waals surface area contributed by atoms with Gasteiger partial charge in [0.15, 0.2) is 0 Å². The number of amides is 1. The minimum absolute atomic E-state index is 0.101. The Morgan fingerprint density at radius 1 is 1.12 bits per heavy atom. The number of likely N-dealkylation sites (N-methyl/N-ethyl adjacent to an activating group) is 1. The van der Waals surface area contributed by atoms with Crippen LogP contribution in [0.3, 0.4) is 0 Å². The molecule has 0 aromatic heterocycles. The Labute approximate surface area is 164 Å². The summed E-state index contributed by atoms with van der Waals surface area (Å²) in [5.41, 5.74) is 3.44. The van der Waals surface area contributed by atoms with Crippen molar-refractivity contribution < 1.29 is 4.79 Å². The van der Waals surface area contributed by atoms with Crippen LogP contribution in [0, 0.1) is 6.92 Å². The van der Waals surface area contributed by atoms with E-state index >= 15 is 0 Å². The SMILES string of the molecule is CSc1ccc(C)c(C(=O)Nc2cc(Cl)ccc2N2CCN(C)CC2)c1. The Morgan fingerprint density at radius 3 is 2.54 bits per heavy atom. The van der Waals surface area contributed by atoms with Crippen LogP contribution in [0.4, 0.5) is 11.4 Å². The van der Waals surface area contributed by atoms with Crippen molar-refractivity contribution >= 4 is 40.6 Å². The van der Waals surface area contributed by atoms with Crippen LogP contribution in [0.1, 0.15) is 15.9 Å². The number of carbonyl (C=O) groups excluding carboxylic acids is 1. The van der Waals surface area contributed by atoms with Crippen LogP contribution in [0.25, 0.3) is 0 Å². The molecule has 0 radical (unpaired) electrons. The molecule has 1 N–H and O–H groups in total. The number of anilines is 2. The van der Waals surface area contributed by atoms with Gasteiger partial charge >= 0.3 is 0 Å². The van der Waals surface area contributed by atoms with Crippen molar-refractivity contribution in [2.45, 2.75) is 11.8 Å². The highest BCUT2D eigenvalue weighted by atomic mass is 35.5. The third-order valence-electron chi connectivity index (χ3n) is 4.74. The Balaban J connectivity index is 1.87. The van der Waals surface area contributed by atoms with E-state index < -0.39 is 0 Å². The molecular weight excluding hydrogens is 366 g/mol. The first-order valence-electron chi connectivity index (χ1n) is 8.67. The third kappa shape index (κ3) is 4.34. The van der Waals surface area contributed by atoms with Crippen molar-refractivity contribution in [2.24, 2.45) is 0 Å². The normalized spacial score (nSPS) is 15.2. The highest BCUT2D eigenvalue weighted by Gasteiger charge is 2.19. The lowest BCUT2D eigenvalue weighted by Crippen LogP contribution is -2.44. The summed E-state index contributed by atoms with van der Waals surface area (Å²) in [5.74, 6) is -0.101. The van der Waals surface area contributed by atoms with Gasteiger partial charge in [0.2, 0.25) is 0 Å². The summed E-state index contributed by atoms with van der Waals surface area (Å²) < 4.78 is 0. The highest BCUT2D eigenvalue weighted by molar-refractivity contribution is 7.98. The maximum atomic E-state index is 12.9. The molecule has 0 bridgehead atoms. The fraction of sp³-hybridized carbons (Fsp3) is 0.350. The zero-order valence-corrected chi connectivity index (χ0v) is 17.0. The van der Waals surface area contributed by atoms with Gasteiger partial charge in [-0.15, -0.1) is 11.8 Å². The molecule has 3 rings (SSSR count). The molecule has 2 aromatic carbocycles. The van der Waals surface area contributed by atoms with E-state index in [0.29, 0.717) is 10.6 Å². The molecule has 0 aliphatic carbocycles. The molecule has 1 heterocycles. The molecule has 1 saturated heterocycles. The second-order valence-electron chi connectivity index (χ2n) is 6.59. The maximum absolute atomic E-state index is 12.9. The van der Waals surface area contributed by atoms with Gasteiger partial charge in [0.1, 0.15) is 0 Å². The molecule has 2 aromatic rings. The number of nitrogens with one attached hydrogen (secondary N) is 1.